The van der Waals surface area contributed by atoms with Gasteiger partial charge in [0.15, 0.2) is 0 Å². The van der Waals surface area contributed by atoms with E-state index in [1.807, 2.05) is 0 Å². The van der Waals surface area contributed by atoms with Gasteiger partial charge >= 0.3 is 6.01 Å². The summed E-state index contributed by atoms with van der Waals surface area (Å²) in [4.78, 5) is 14.1. The molecule has 3 aliphatic rings. The number of hydrogen-bond acceptors (Lipinski definition) is 6. The molecule has 0 unspecified atom stereocenters. The summed E-state index contributed by atoms with van der Waals surface area (Å²) in [5, 5.41) is 0. The molecule has 1 fully saturated rings. The summed E-state index contributed by atoms with van der Waals surface area (Å²) in [6.07, 6.45) is 8.19. The van der Waals surface area contributed by atoms with Crippen molar-refractivity contribution in [2.75, 3.05) is 36.9 Å². The maximum atomic E-state index is 6.32. The predicted octanol–water partition coefficient (Wildman–Crippen LogP) is 4.51. The lowest BCUT2D eigenvalue weighted by molar-refractivity contribution is 0.165. The number of nitrogens with two attached hydrogens (primary N) is 1. The van der Waals surface area contributed by atoms with Crippen molar-refractivity contribution in [1.82, 2.24) is 14.9 Å². The zero-order valence-corrected chi connectivity index (χ0v) is 20.0. The molecule has 0 bridgehead atoms. The summed E-state index contributed by atoms with van der Waals surface area (Å²) >= 11 is 0. The van der Waals surface area contributed by atoms with Crippen LogP contribution in [0.3, 0.4) is 0 Å². The minimum atomic E-state index is 0.384. The molecule has 1 aromatic carbocycles. The monoisotopic (exact) mass is 447 g/mol. The van der Waals surface area contributed by atoms with Crippen LogP contribution < -0.4 is 15.4 Å². The molecule has 0 radical (unpaired) electrons. The van der Waals surface area contributed by atoms with Crippen LogP contribution in [0, 0.1) is 5.92 Å². The minimum absolute atomic E-state index is 0.384. The van der Waals surface area contributed by atoms with E-state index >= 15 is 0 Å². The normalized spacial score (nSPS) is 18.6. The first-order chi connectivity index (χ1) is 16.1. The molecule has 6 heteroatoms. The van der Waals surface area contributed by atoms with Crippen LogP contribution in [-0.4, -0.2) is 41.1 Å². The van der Waals surface area contributed by atoms with Crippen molar-refractivity contribution in [3.05, 3.63) is 52.6 Å². The Morgan fingerprint density at radius 1 is 1.18 bits per heavy atom. The van der Waals surface area contributed by atoms with Crippen molar-refractivity contribution in [2.24, 2.45) is 5.92 Å². The Balaban J connectivity index is 1.34. The van der Waals surface area contributed by atoms with E-state index in [1.165, 1.54) is 49.0 Å². The lowest BCUT2D eigenvalue weighted by Gasteiger charge is -2.36. The molecule has 176 valence electrons. The van der Waals surface area contributed by atoms with Gasteiger partial charge in [-0.1, -0.05) is 50.1 Å². The Morgan fingerprint density at radius 2 is 2.06 bits per heavy atom. The van der Waals surface area contributed by atoms with Crippen LogP contribution in [0.25, 0.3) is 0 Å². The second-order valence-corrected chi connectivity index (χ2v) is 10.1. The number of unbranched alkanes of at least 4 members (excludes halogenated alkanes) is 1. The smallest absolute Gasteiger partial charge is 0.320 e. The van der Waals surface area contributed by atoms with Gasteiger partial charge in [-0.25, -0.2) is 0 Å². The quantitative estimate of drug-likeness (QED) is 0.474. The molecular weight excluding hydrogens is 410 g/mol. The third kappa shape index (κ3) is 5.01. The molecular formula is C27H37N5O. The minimum Gasteiger partial charge on any atom is -0.463 e. The van der Waals surface area contributed by atoms with Crippen molar-refractivity contribution in [3.8, 4) is 6.01 Å². The van der Waals surface area contributed by atoms with Gasteiger partial charge in [-0.2, -0.15) is 9.97 Å². The predicted molar refractivity (Wildman–Crippen MR) is 134 cm³/mol. The van der Waals surface area contributed by atoms with Gasteiger partial charge in [-0.15, -0.1) is 0 Å². The number of rotatable bonds is 8. The van der Waals surface area contributed by atoms with Crippen molar-refractivity contribution in [3.63, 3.8) is 0 Å². The Kier molecular flexibility index (Phi) is 6.54. The van der Waals surface area contributed by atoms with E-state index in [0.29, 0.717) is 18.4 Å². The van der Waals surface area contributed by atoms with Crippen LogP contribution in [0.15, 0.2) is 30.4 Å². The molecule has 0 atom stereocenters. The zero-order valence-electron chi connectivity index (χ0n) is 20.0. The van der Waals surface area contributed by atoms with E-state index in [4.69, 9.17) is 15.5 Å². The van der Waals surface area contributed by atoms with E-state index in [0.717, 1.165) is 68.2 Å². The largest absolute Gasteiger partial charge is 0.463 e. The summed E-state index contributed by atoms with van der Waals surface area (Å²) in [5.41, 5.74) is 12.7. The summed E-state index contributed by atoms with van der Waals surface area (Å²) in [6, 6.07) is 7.40. The molecule has 2 aromatic rings. The number of ether oxygens (including phenoxy) is 1. The summed E-state index contributed by atoms with van der Waals surface area (Å²) in [5.74, 6) is 2.32. The molecule has 33 heavy (non-hydrogen) atoms. The number of nitrogens with zero attached hydrogens (tertiary/aromatic N) is 4. The van der Waals surface area contributed by atoms with Crippen LogP contribution >= 0.6 is 0 Å². The van der Waals surface area contributed by atoms with Gasteiger partial charge in [0.1, 0.15) is 11.6 Å². The number of anilines is 2. The zero-order chi connectivity index (χ0) is 22.8. The van der Waals surface area contributed by atoms with Crippen molar-refractivity contribution >= 4 is 11.6 Å². The fraction of sp³-hybridized carbons (Fsp3) is 0.556. The Bertz CT molecular complexity index is 1020. The fourth-order valence-electron chi connectivity index (χ4n) is 5.24. The van der Waals surface area contributed by atoms with Crippen LogP contribution in [0.2, 0.25) is 0 Å². The highest BCUT2D eigenvalue weighted by Gasteiger charge is 2.26. The maximum Gasteiger partial charge on any atom is 0.320 e. The van der Waals surface area contributed by atoms with Gasteiger partial charge in [-0.05, 0) is 48.3 Å². The number of aromatic nitrogens is 2. The Labute approximate surface area is 197 Å². The summed E-state index contributed by atoms with van der Waals surface area (Å²) in [6.45, 7) is 12.1. The molecule has 1 aliphatic carbocycles. The second kappa shape index (κ2) is 9.72. The first-order valence-corrected chi connectivity index (χ1v) is 12.6. The highest BCUT2D eigenvalue weighted by Crippen LogP contribution is 2.34. The second-order valence-electron chi connectivity index (χ2n) is 10.1. The average Bonchev–Trinajstić information content (AvgIpc) is 2.77. The van der Waals surface area contributed by atoms with Gasteiger partial charge in [0, 0.05) is 44.7 Å². The number of hydrogen-bond donors (Lipinski definition) is 1. The van der Waals surface area contributed by atoms with Crippen molar-refractivity contribution in [2.45, 2.75) is 65.0 Å². The molecule has 2 N–H and O–H groups in total. The molecule has 1 aromatic heterocycles. The average molecular weight is 448 g/mol. The third-order valence-electron chi connectivity index (χ3n) is 7.34. The number of nitrogen functional groups attached to an aromatic ring is 1. The Morgan fingerprint density at radius 3 is 2.85 bits per heavy atom. The van der Waals surface area contributed by atoms with Gasteiger partial charge in [0.2, 0.25) is 0 Å². The van der Waals surface area contributed by atoms with E-state index < -0.39 is 0 Å². The van der Waals surface area contributed by atoms with E-state index in [1.54, 1.807) is 0 Å². The molecule has 3 heterocycles. The SMILES string of the molecule is C=C1Cc2c(N)nc(OCCCC)nc2N(Cc2ccc3c(c2)CN(CC2CCC2)CC3)C1. The third-order valence-corrected chi connectivity index (χ3v) is 7.34. The molecule has 1 saturated carbocycles. The number of fused-ring (bicyclic) bond motifs is 2. The van der Waals surface area contributed by atoms with Crippen LogP contribution in [0.4, 0.5) is 11.6 Å². The van der Waals surface area contributed by atoms with Gasteiger partial charge in [0.25, 0.3) is 0 Å². The van der Waals surface area contributed by atoms with Crippen molar-refractivity contribution in [1.29, 1.82) is 0 Å². The lowest BCUT2D eigenvalue weighted by atomic mass is 9.84. The van der Waals surface area contributed by atoms with E-state index in [-0.39, 0.29) is 0 Å². The topological polar surface area (TPSA) is 67.5 Å². The van der Waals surface area contributed by atoms with Crippen LogP contribution in [0.5, 0.6) is 6.01 Å². The van der Waals surface area contributed by atoms with E-state index in [2.05, 4.69) is 46.5 Å². The summed E-state index contributed by atoms with van der Waals surface area (Å²) < 4.78 is 5.79. The highest BCUT2D eigenvalue weighted by atomic mass is 16.5. The number of benzene rings is 1. The Hall–Kier alpha value is -2.60. The first-order valence-electron chi connectivity index (χ1n) is 12.6. The molecule has 0 spiro atoms. The van der Waals surface area contributed by atoms with Gasteiger partial charge < -0.3 is 15.4 Å². The maximum absolute atomic E-state index is 6.32. The standard InChI is InChI=1S/C27H37N5O/c1-3-4-12-33-27-29-25(28)24-13-19(2)15-32(26(24)30-27)17-21-8-9-22-10-11-31(18-23(22)14-21)16-20-6-5-7-20/h8-9,14,20H,2-7,10-13,15-18H2,1H3,(H2,28,29,30). The van der Waals surface area contributed by atoms with Crippen molar-refractivity contribution < 1.29 is 4.74 Å². The van der Waals surface area contributed by atoms with Crippen LogP contribution in [0.1, 0.15) is 61.3 Å². The first kappa shape index (κ1) is 22.2. The fourth-order valence-corrected chi connectivity index (χ4v) is 5.24. The molecule has 0 amide bonds. The highest BCUT2D eigenvalue weighted by molar-refractivity contribution is 5.62. The van der Waals surface area contributed by atoms with Gasteiger partial charge in [-0.3, -0.25) is 4.90 Å². The van der Waals surface area contributed by atoms with Crippen LogP contribution in [-0.2, 0) is 25.9 Å². The molecule has 2 aliphatic heterocycles. The molecule has 0 saturated heterocycles. The lowest BCUT2D eigenvalue weighted by Crippen LogP contribution is -2.36. The van der Waals surface area contributed by atoms with E-state index in [9.17, 15) is 0 Å². The summed E-state index contributed by atoms with van der Waals surface area (Å²) in [7, 11) is 0. The molecule has 6 nitrogen and oxygen atoms in total. The molecule has 5 rings (SSSR count). The van der Waals surface area contributed by atoms with Gasteiger partial charge in [0.05, 0.1) is 6.61 Å².